The normalized spacial score (nSPS) is 10.1. The van der Waals surface area contributed by atoms with Gasteiger partial charge in [0.05, 0.1) is 0 Å². The van der Waals surface area contributed by atoms with Crippen molar-refractivity contribution in [1.29, 1.82) is 0 Å². The number of nitrogens with one attached hydrogen (secondary N) is 2. The van der Waals surface area contributed by atoms with E-state index in [4.69, 9.17) is 12.2 Å². The summed E-state index contributed by atoms with van der Waals surface area (Å²) in [5.74, 6) is 0. The molecule has 0 aliphatic heterocycles. The smallest absolute Gasteiger partial charge is 0.170 e. The molecule has 3 nitrogen and oxygen atoms in total. The molecule has 0 saturated heterocycles. The maximum atomic E-state index is 5.34. The first kappa shape index (κ1) is 16.3. The predicted molar refractivity (Wildman–Crippen MR) is 99.9 cm³/mol. The summed E-state index contributed by atoms with van der Waals surface area (Å²) >= 11 is 5.34. The van der Waals surface area contributed by atoms with E-state index in [-0.39, 0.29) is 0 Å². The van der Waals surface area contributed by atoms with E-state index in [0.717, 1.165) is 18.8 Å². The Morgan fingerprint density at radius 2 is 1.77 bits per heavy atom. The number of aryl methyl sites for hydroxylation is 2. The molecule has 22 heavy (non-hydrogen) atoms. The molecule has 2 aromatic rings. The second kappa shape index (κ2) is 7.80. The lowest BCUT2D eigenvalue weighted by molar-refractivity contribution is 0.827. The van der Waals surface area contributed by atoms with E-state index >= 15 is 0 Å². The zero-order chi connectivity index (χ0) is 15.9. The molecule has 0 amide bonds. The molecule has 0 fully saturated rings. The Hall–Kier alpha value is -2.07. The number of para-hydroxylation sites is 1. The van der Waals surface area contributed by atoms with Gasteiger partial charge in [-0.05, 0) is 61.5 Å². The van der Waals surface area contributed by atoms with E-state index in [1.54, 1.807) is 0 Å². The summed E-state index contributed by atoms with van der Waals surface area (Å²) in [6.07, 6.45) is 0. The van der Waals surface area contributed by atoms with Crippen molar-refractivity contribution in [2.75, 3.05) is 30.4 Å². The van der Waals surface area contributed by atoms with Crippen LogP contribution < -0.4 is 15.5 Å². The first-order valence-electron chi connectivity index (χ1n) is 7.44. The molecule has 0 aromatic heterocycles. The van der Waals surface area contributed by atoms with Gasteiger partial charge in [-0.15, -0.1) is 0 Å². The van der Waals surface area contributed by atoms with Gasteiger partial charge in [0.2, 0.25) is 0 Å². The Kier molecular flexibility index (Phi) is 5.78. The summed E-state index contributed by atoms with van der Waals surface area (Å²) in [4.78, 5) is 2.20. The number of thiocarbonyl (C=S) groups is 1. The summed E-state index contributed by atoms with van der Waals surface area (Å²) in [7, 11) is 2.08. The molecule has 2 aromatic carbocycles. The van der Waals surface area contributed by atoms with E-state index < -0.39 is 0 Å². The summed E-state index contributed by atoms with van der Waals surface area (Å²) in [6, 6.07) is 16.6. The van der Waals surface area contributed by atoms with Crippen LogP contribution >= 0.6 is 12.2 Å². The monoisotopic (exact) mass is 313 g/mol. The Balaban J connectivity index is 1.77. The minimum Gasteiger partial charge on any atom is -0.373 e. The highest BCUT2D eigenvalue weighted by Crippen LogP contribution is 2.14. The van der Waals surface area contributed by atoms with E-state index in [2.05, 4.69) is 60.7 Å². The number of anilines is 2. The van der Waals surface area contributed by atoms with Crippen molar-refractivity contribution in [3.05, 3.63) is 59.7 Å². The van der Waals surface area contributed by atoms with Crippen LogP contribution in [0.4, 0.5) is 11.4 Å². The van der Waals surface area contributed by atoms with Crippen molar-refractivity contribution in [3.63, 3.8) is 0 Å². The van der Waals surface area contributed by atoms with Crippen molar-refractivity contribution in [2.45, 2.75) is 13.8 Å². The van der Waals surface area contributed by atoms with E-state index in [1.165, 1.54) is 16.8 Å². The lowest BCUT2D eigenvalue weighted by Crippen LogP contribution is -2.35. The zero-order valence-corrected chi connectivity index (χ0v) is 14.2. The van der Waals surface area contributed by atoms with Crippen LogP contribution in [0.1, 0.15) is 11.1 Å². The summed E-state index contributed by atoms with van der Waals surface area (Å²) in [6.45, 7) is 5.89. The molecule has 116 valence electrons. The second-order valence-corrected chi connectivity index (χ2v) is 5.85. The molecule has 2 rings (SSSR count). The fraction of sp³-hybridized carbons (Fsp3) is 0.278. The van der Waals surface area contributed by atoms with Crippen LogP contribution in [0, 0.1) is 13.8 Å². The highest BCUT2D eigenvalue weighted by Gasteiger charge is 2.02. The summed E-state index contributed by atoms with van der Waals surface area (Å²) < 4.78 is 0. The third-order valence-electron chi connectivity index (χ3n) is 3.69. The molecule has 0 aliphatic rings. The van der Waals surface area contributed by atoms with E-state index in [9.17, 15) is 0 Å². The topological polar surface area (TPSA) is 27.3 Å². The van der Waals surface area contributed by atoms with Gasteiger partial charge in [-0.1, -0.05) is 24.3 Å². The standard InChI is InChI=1S/C18H23N3S/c1-14-9-10-16(13-15(14)2)20-18(22)19-11-12-21(3)17-7-5-4-6-8-17/h4-10,13H,11-12H2,1-3H3,(H2,19,20,22). The van der Waals surface area contributed by atoms with Gasteiger partial charge in [0.15, 0.2) is 5.11 Å². The molecule has 0 aliphatic carbocycles. The van der Waals surface area contributed by atoms with Crippen LogP contribution in [0.2, 0.25) is 0 Å². The van der Waals surface area contributed by atoms with Crippen molar-refractivity contribution < 1.29 is 0 Å². The highest BCUT2D eigenvalue weighted by molar-refractivity contribution is 7.80. The average molecular weight is 313 g/mol. The van der Waals surface area contributed by atoms with Gasteiger partial charge < -0.3 is 15.5 Å². The van der Waals surface area contributed by atoms with Gasteiger partial charge in [0.1, 0.15) is 0 Å². The average Bonchev–Trinajstić information content (AvgIpc) is 2.51. The molecule has 0 bridgehead atoms. The molecule has 0 heterocycles. The number of nitrogens with zero attached hydrogens (tertiary/aromatic N) is 1. The molecular weight excluding hydrogens is 290 g/mol. The zero-order valence-electron chi connectivity index (χ0n) is 13.4. The Bertz CT molecular complexity index is 625. The third kappa shape index (κ3) is 4.74. The Morgan fingerprint density at radius 3 is 2.45 bits per heavy atom. The lowest BCUT2D eigenvalue weighted by Gasteiger charge is -2.20. The van der Waals surface area contributed by atoms with Crippen LogP contribution in [0.5, 0.6) is 0 Å². The molecule has 0 atom stereocenters. The fourth-order valence-corrected chi connectivity index (χ4v) is 2.36. The Morgan fingerprint density at radius 1 is 1.05 bits per heavy atom. The van der Waals surface area contributed by atoms with Crippen molar-refractivity contribution in [1.82, 2.24) is 5.32 Å². The molecular formula is C18H23N3S. The quantitative estimate of drug-likeness (QED) is 0.823. The number of benzene rings is 2. The number of likely N-dealkylation sites (N-methyl/N-ethyl adjacent to an activating group) is 1. The van der Waals surface area contributed by atoms with Crippen LogP contribution in [-0.2, 0) is 0 Å². The van der Waals surface area contributed by atoms with Crippen LogP contribution in [0.15, 0.2) is 48.5 Å². The highest BCUT2D eigenvalue weighted by atomic mass is 32.1. The molecule has 0 spiro atoms. The molecule has 0 saturated carbocycles. The number of hydrogen-bond acceptors (Lipinski definition) is 2. The third-order valence-corrected chi connectivity index (χ3v) is 3.94. The first-order valence-corrected chi connectivity index (χ1v) is 7.85. The molecule has 0 unspecified atom stereocenters. The molecule has 2 N–H and O–H groups in total. The summed E-state index contributed by atoms with van der Waals surface area (Å²) in [5, 5.41) is 7.13. The maximum Gasteiger partial charge on any atom is 0.170 e. The van der Waals surface area contributed by atoms with Gasteiger partial charge >= 0.3 is 0 Å². The van der Waals surface area contributed by atoms with E-state index in [1.807, 2.05) is 24.3 Å². The number of rotatable bonds is 5. The van der Waals surface area contributed by atoms with Crippen molar-refractivity contribution in [3.8, 4) is 0 Å². The van der Waals surface area contributed by atoms with Gasteiger partial charge in [-0.2, -0.15) is 0 Å². The van der Waals surface area contributed by atoms with Gasteiger partial charge in [-0.3, -0.25) is 0 Å². The van der Waals surface area contributed by atoms with Crippen molar-refractivity contribution >= 4 is 28.7 Å². The van der Waals surface area contributed by atoms with Gasteiger partial charge in [0.25, 0.3) is 0 Å². The largest absolute Gasteiger partial charge is 0.373 e. The van der Waals surface area contributed by atoms with E-state index in [0.29, 0.717) is 5.11 Å². The minimum absolute atomic E-state index is 0.657. The predicted octanol–water partition coefficient (Wildman–Crippen LogP) is 3.73. The van der Waals surface area contributed by atoms with Gasteiger partial charge in [-0.25, -0.2) is 0 Å². The van der Waals surface area contributed by atoms with Gasteiger partial charge in [0, 0.05) is 31.5 Å². The van der Waals surface area contributed by atoms with Crippen LogP contribution in [-0.4, -0.2) is 25.2 Å². The minimum atomic E-state index is 0.657. The van der Waals surface area contributed by atoms with Crippen LogP contribution in [0.3, 0.4) is 0 Å². The number of hydrogen-bond donors (Lipinski definition) is 2. The molecule has 4 heteroatoms. The molecule has 0 radical (unpaired) electrons. The maximum absolute atomic E-state index is 5.34. The Labute approximate surface area is 138 Å². The van der Waals surface area contributed by atoms with Crippen LogP contribution in [0.25, 0.3) is 0 Å². The second-order valence-electron chi connectivity index (χ2n) is 5.44. The van der Waals surface area contributed by atoms with Crippen molar-refractivity contribution in [2.24, 2.45) is 0 Å². The fourth-order valence-electron chi connectivity index (χ4n) is 2.14. The summed E-state index contributed by atoms with van der Waals surface area (Å²) in [5.41, 5.74) is 4.78. The first-order chi connectivity index (χ1) is 10.6. The SMILES string of the molecule is Cc1ccc(NC(=S)NCCN(C)c2ccccc2)cc1C. The lowest BCUT2D eigenvalue weighted by atomic mass is 10.1.